The fraction of sp³-hybridized carbons (Fsp3) is 0.562. The van der Waals surface area contributed by atoms with Crippen LogP contribution in [0.1, 0.15) is 43.6 Å². The largest absolute Gasteiger partial charge is 0.428 e. The molecule has 0 radical (unpaired) electrons. The average molecular weight is 403 g/mol. The van der Waals surface area contributed by atoms with Gasteiger partial charge in [-0.3, -0.25) is 4.79 Å². The highest BCUT2D eigenvalue weighted by Crippen LogP contribution is 2.41. The van der Waals surface area contributed by atoms with Crippen LogP contribution in [0.25, 0.3) is 0 Å². The molecule has 1 amide bonds. The van der Waals surface area contributed by atoms with Crippen LogP contribution < -0.4 is 3.07 Å². The van der Waals surface area contributed by atoms with E-state index in [2.05, 4.69) is 0 Å². The quantitative estimate of drug-likeness (QED) is 0.786. The normalized spacial score (nSPS) is 18.9. The molecule has 0 saturated heterocycles. The number of amides is 1. The van der Waals surface area contributed by atoms with Crippen molar-refractivity contribution in [3.05, 3.63) is 29.8 Å². The fourth-order valence-corrected chi connectivity index (χ4v) is 3.40. The molecular formula is C16H22INO3. The zero-order chi connectivity index (χ0) is 15.5. The zero-order valence-electron chi connectivity index (χ0n) is 12.5. The molecule has 1 saturated carbocycles. The van der Waals surface area contributed by atoms with Crippen LogP contribution in [0.4, 0.5) is 0 Å². The van der Waals surface area contributed by atoms with E-state index in [1.165, 1.54) is 0 Å². The Labute approximate surface area is 140 Å². The van der Waals surface area contributed by atoms with Crippen LogP contribution in [0.3, 0.4) is 0 Å². The van der Waals surface area contributed by atoms with Crippen molar-refractivity contribution in [3.8, 4) is 5.75 Å². The van der Waals surface area contributed by atoms with E-state index in [1.807, 2.05) is 47.3 Å². The molecule has 1 aliphatic rings. The number of benzene rings is 1. The van der Waals surface area contributed by atoms with Gasteiger partial charge in [0, 0.05) is 14.1 Å². The van der Waals surface area contributed by atoms with Crippen molar-refractivity contribution in [1.82, 2.24) is 4.90 Å². The summed E-state index contributed by atoms with van der Waals surface area (Å²) >= 11 is 1.83. The number of nitrogens with zero attached hydrogens (tertiary/aromatic N) is 1. The standard InChI is InChI=1S/C16H22INO3/c1-18(2)15(19)14(16(20)10-4-3-5-11-16)12-6-8-13(21-17)9-7-12/h6-9,14,20H,3-5,10-11H2,1-2H3. The van der Waals surface area contributed by atoms with Crippen LogP contribution in [0.15, 0.2) is 24.3 Å². The summed E-state index contributed by atoms with van der Waals surface area (Å²) in [5, 5.41) is 11.1. The van der Waals surface area contributed by atoms with Gasteiger partial charge in [0.1, 0.15) is 5.75 Å². The van der Waals surface area contributed by atoms with E-state index in [1.54, 1.807) is 19.0 Å². The van der Waals surface area contributed by atoms with E-state index in [0.717, 1.165) is 30.6 Å². The topological polar surface area (TPSA) is 49.8 Å². The van der Waals surface area contributed by atoms with Crippen LogP contribution in [-0.4, -0.2) is 35.6 Å². The maximum absolute atomic E-state index is 12.6. The highest BCUT2D eigenvalue weighted by Gasteiger charge is 2.43. The summed E-state index contributed by atoms with van der Waals surface area (Å²) in [6.45, 7) is 0. The lowest BCUT2D eigenvalue weighted by molar-refractivity contribution is -0.139. The van der Waals surface area contributed by atoms with Crippen LogP contribution >= 0.6 is 23.0 Å². The smallest absolute Gasteiger partial charge is 0.232 e. The molecule has 1 aromatic rings. The van der Waals surface area contributed by atoms with Crippen molar-refractivity contribution in [2.45, 2.75) is 43.6 Å². The molecule has 1 aliphatic carbocycles. The highest BCUT2D eigenvalue weighted by molar-refractivity contribution is 14.1. The van der Waals surface area contributed by atoms with Crippen LogP contribution in [0.5, 0.6) is 5.75 Å². The summed E-state index contributed by atoms with van der Waals surface area (Å²) in [6, 6.07) is 7.44. The number of aliphatic hydroxyl groups is 1. The molecule has 5 heteroatoms. The minimum absolute atomic E-state index is 0.0393. The SMILES string of the molecule is CN(C)C(=O)C(c1ccc(OI)cc1)C1(O)CCCCC1. The third kappa shape index (κ3) is 3.69. The Morgan fingerprint density at radius 1 is 1.24 bits per heavy atom. The van der Waals surface area contributed by atoms with Crippen LogP contribution in [-0.2, 0) is 4.79 Å². The van der Waals surface area contributed by atoms with E-state index < -0.39 is 11.5 Å². The summed E-state index contributed by atoms with van der Waals surface area (Å²) in [6.07, 6.45) is 4.45. The molecule has 0 bridgehead atoms. The molecule has 1 N–H and O–H groups in total. The maximum Gasteiger partial charge on any atom is 0.232 e. The van der Waals surface area contributed by atoms with Crippen molar-refractivity contribution in [1.29, 1.82) is 0 Å². The molecule has 21 heavy (non-hydrogen) atoms. The van der Waals surface area contributed by atoms with E-state index in [0.29, 0.717) is 12.8 Å². The third-order valence-electron chi connectivity index (χ3n) is 4.25. The molecule has 1 atom stereocenters. The summed E-state index contributed by atoms with van der Waals surface area (Å²) in [4.78, 5) is 14.2. The van der Waals surface area contributed by atoms with E-state index in [-0.39, 0.29) is 5.91 Å². The Morgan fingerprint density at radius 3 is 2.29 bits per heavy atom. The number of likely N-dealkylation sites (N-methyl/N-ethyl adjacent to an activating group) is 1. The second kappa shape index (κ2) is 6.96. The first-order valence-corrected chi connectivity index (χ1v) is 8.18. The average Bonchev–Trinajstić information content (AvgIpc) is 2.48. The first kappa shape index (κ1) is 16.5. The van der Waals surface area contributed by atoms with Crippen molar-refractivity contribution in [3.63, 3.8) is 0 Å². The van der Waals surface area contributed by atoms with Gasteiger partial charge < -0.3 is 13.1 Å². The Morgan fingerprint density at radius 2 is 1.81 bits per heavy atom. The Kier molecular flexibility index (Phi) is 5.48. The van der Waals surface area contributed by atoms with Gasteiger partial charge in [-0.1, -0.05) is 31.4 Å². The van der Waals surface area contributed by atoms with Gasteiger partial charge in [-0.2, -0.15) is 0 Å². The van der Waals surface area contributed by atoms with Crippen LogP contribution in [0.2, 0.25) is 0 Å². The van der Waals surface area contributed by atoms with E-state index >= 15 is 0 Å². The van der Waals surface area contributed by atoms with E-state index in [4.69, 9.17) is 3.07 Å². The molecule has 4 nitrogen and oxygen atoms in total. The lowest BCUT2D eigenvalue weighted by Crippen LogP contribution is -2.46. The second-order valence-corrected chi connectivity index (χ2v) is 6.42. The molecule has 1 unspecified atom stereocenters. The van der Waals surface area contributed by atoms with Gasteiger partial charge in [0.15, 0.2) is 23.0 Å². The lowest BCUT2D eigenvalue weighted by Gasteiger charge is -2.39. The summed E-state index contributed by atoms with van der Waals surface area (Å²) in [5.41, 5.74) is -0.0814. The van der Waals surface area contributed by atoms with Gasteiger partial charge in [-0.25, -0.2) is 0 Å². The second-order valence-electron chi connectivity index (χ2n) is 5.98. The minimum atomic E-state index is -0.938. The highest BCUT2D eigenvalue weighted by atomic mass is 127. The summed E-state index contributed by atoms with van der Waals surface area (Å²) in [5.74, 6) is 0.199. The molecule has 116 valence electrons. The predicted octanol–water partition coefficient (Wildman–Crippen LogP) is 3.28. The van der Waals surface area contributed by atoms with Gasteiger partial charge in [-0.05, 0) is 30.5 Å². The van der Waals surface area contributed by atoms with Gasteiger partial charge in [0.05, 0.1) is 11.5 Å². The van der Waals surface area contributed by atoms with Crippen molar-refractivity contribution >= 4 is 28.9 Å². The number of hydrogen-bond donors (Lipinski definition) is 1. The molecule has 1 aromatic carbocycles. The number of carbonyl (C=O) groups excluding carboxylic acids is 1. The molecule has 1 fully saturated rings. The van der Waals surface area contributed by atoms with Gasteiger partial charge in [0.25, 0.3) is 0 Å². The summed E-state index contributed by atoms with van der Waals surface area (Å²) < 4.78 is 5.14. The molecule has 0 aromatic heterocycles. The van der Waals surface area contributed by atoms with Crippen molar-refractivity contribution in [2.24, 2.45) is 0 Å². The monoisotopic (exact) mass is 403 g/mol. The Bertz CT molecular complexity index is 481. The molecule has 0 aliphatic heterocycles. The van der Waals surface area contributed by atoms with Gasteiger partial charge in [0.2, 0.25) is 5.91 Å². The third-order valence-corrected chi connectivity index (χ3v) is 4.76. The molecular weight excluding hydrogens is 381 g/mol. The first-order valence-electron chi connectivity index (χ1n) is 7.30. The lowest BCUT2D eigenvalue weighted by atomic mass is 9.72. The fourth-order valence-electron chi connectivity index (χ4n) is 3.11. The number of carbonyl (C=O) groups is 1. The number of rotatable bonds is 4. The van der Waals surface area contributed by atoms with E-state index in [9.17, 15) is 9.90 Å². The Balaban J connectivity index is 2.37. The predicted molar refractivity (Wildman–Crippen MR) is 90.6 cm³/mol. The molecule has 2 rings (SSSR count). The molecule has 0 spiro atoms. The van der Waals surface area contributed by atoms with Crippen molar-refractivity contribution < 1.29 is 13.0 Å². The zero-order valence-corrected chi connectivity index (χ0v) is 14.7. The minimum Gasteiger partial charge on any atom is -0.428 e. The Hall–Kier alpha value is -0.820. The van der Waals surface area contributed by atoms with Crippen molar-refractivity contribution in [2.75, 3.05) is 14.1 Å². The molecule has 0 heterocycles. The first-order chi connectivity index (χ1) is 9.98. The number of halogens is 1. The van der Waals surface area contributed by atoms with Crippen LogP contribution in [0, 0.1) is 0 Å². The maximum atomic E-state index is 12.6. The summed E-state index contributed by atoms with van der Waals surface area (Å²) in [7, 11) is 3.48. The van der Waals surface area contributed by atoms with Gasteiger partial charge in [-0.15, -0.1) is 0 Å². The number of hydrogen-bond acceptors (Lipinski definition) is 3. The van der Waals surface area contributed by atoms with Gasteiger partial charge >= 0.3 is 0 Å².